The lowest BCUT2D eigenvalue weighted by atomic mass is 10.2. The zero-order valence-electron chi connectivity index (χ0n) is 11.3. The predicted octanol–water partition coefficient (Wildman–Crippen LogP) is 1.07. The maximum Gasteiger partial charge on any atom is 0.249 e. The van der Waals surface area contributed by atoms with Crippen molar-refractivity contribution < 1.29 is 8.42 Å². The summed E-state index contributed by atoms with van der Waals surface area (Å²) in [6.07, 6.45) is 0. The Balaban J connectivity index is 3.26. The Bertz CT molecular complexity index is 508. The average molecular weight is 292 g/mol. The molecular weight excluding hydrogens is 272 g/mol. The van der Waals surface area contributed by atoms with E-state index in [9.17, 15) is 8.42 Å². The Morgan fingerprint density at radius 1 is 1.33 bits per heavy atom. The minimum absolute atomic E-state index is 0.0688. The molecule has 1 heterocycles. The maximum absolute atomic E-state index is 12.2. The first-order valence-electron chi connectivity index (χ1n) is 5.56. The minimum Gasteiger partial charge on any atom is -0.382 e. The monoisotopic (exact) mass is 292 g/mol. The molecule has 6 nitrogen and oxygen atoms in total. The Kier molecular flexibility index (Phi) is 4.57. The van der Waals surface area contributed by atoms with Crippen molar-refractivity contribution in [2.75, 3.05) is 38.3 Å². The lowest BCUT2D eigenvalue weighted by Gasteiger charge is -2.21. The van der Waals surface area contributed by atoms with Gasteiger partial charge in [-0.05, 0) is 17.5 Å². The van der Waals surface area contributed by atoms with Crippen LogP contribution in [0, 0.1) is 5.92 Å². The lowest BCUT2D eigenvalue weighted by molar-refractivity contribution is 0.521. The zero-order chi connectivity index (χ0) is 14.1. The third-order valence-corrected chi connectivity index (χ3v) is 5.37. The van der Waals surface area contributed by atoms with Gasteiger partial charge >= 0.3 is 0 Å². The molecule has 0 saturated heterocycles. The Morgan fingerprint density at radius 3 is 2.33 bits per heavy atom. The average Bonchev–Trinajstić information content (AvgIpc) is 2.59. The molecule has 2 N–H and O–H groups in total. The van der Waals surface area contributed by atoms with Crippen LogP contribution in [0.1, 0.15) is 13.8 Å². The molecule has 0 aliphatic carbocycles. The van der Waals surface area contributed by atoms with Crippen LogP contribution in [0.4, 0.5) is 10.8 Å². The summed E-state index contributed by atoms with van der Waals surface area (Å²) >= 11 is 1.12. The second-order valence-electron chi connectivity index (χ2n) is 4.76. The van der Waals surface area contributed by atoms with Crippen LogP contribution in [0.3, 0.4) is 0 Å². The van der Waals surface area contributed by atoms with Crippen LogP contribution in [0.5, 0.6) is 0 Å². The van der Waals surface area contributed by atoms with E-state index in [0.29, 0.717) is 10.9 Å². The fourth-order valence-electron chi connectivity index (χ4n) is 1.58. The van der Waals surface area contributed by atoms with Crippen LogP contribution in [0.25, 0.3) is 0 Å². The van der Waals surface area contributed by atoms with Crippen LogP contribution in [-0.2, 0) is 10.0 Å². The summed E-state index contributed by atoms with van der Waals surface area (Å²) in [6, 6.07) is 0. The van der Waals surface area contributed by atoms with Gasteiger partial charge in [-0.2, -0.15) is 4.37 Å². The van der Waals surface area contributed by atoms with Crippen molar-refractivity contribution in [3.63, 3.8) is 0 Å². The molecule has 1 aromatic rings. The second-order valence-corrected chi connectivity index (χ2v) is 7.60. The summed E-state index contributed by atoms with van der Waals surface area (Å²) in [5.74, 6) is 0.493. The zero-order valence-corrected chi connectivity index (χ0v) is 13.0. The first-order valence-corrected chi connectivity index (χ1v) is 7.78. The smallest absolute Gasteiger partial charge is 0.249 e. The van der Waals surface area contributed by atoms with Crippen LogP contribution < -0.4 is 10.6 Å². The number of nitrogens with zero attached hydrogens (tertiary/aromatic N) is 3. The van der Waals surface area contributed by atoms with E-state index in [1.165, 1.54) is 14.1 Å². The number of hydrogen-bond acceptors (Lipinski definition) is 6. The molecule has 0 radical (unpaired) electrons. The van der Waals surface area contributed by atoms with E-state index >= 15 is 0 Å². The highest BCUT2D eigenvalue weighted by molar-refractivity contribution is 7.89. The molecule has 0 saturated carbocycles. The number of hydrogen-bond donors (Lipinski definition) is 1. The Hall–Kier alpha value is -0.860. The highest BCUT2D eigenvalue weighted by Gasteiger charge is 2.29. The predicted molar refractivity (Wildman–Crippen MR) is 75.5 cm³/mol. The normalized spacial score (nSPS) is 12.4. The molecule has 0 aliphatic heterocycles. The van der Waals surface area contributed by atoms with Gasteiger partial charge in [-0.1, -0.05) is 13.8 Å². The molecule has 104 valence electrons. The maximum atomic E-state index is 12.2. The van der Waals surface area contributed by atoms with E-state index in [2.05, 4.69) is 18.2 Å². The Labute approximate surface area is 113 Å². The second kappa shape index (κ2) is 5.41. The summed E-state index contributed by atoms with van der Waals surface area (Å²) in [5.41, 5.74) is 5.70. The Morgan fingerprint density at radius 2 is 1.89 bits per heavy atom. The molecule has 0 atom stereocenters. The van der Waals surface area contributed by atoms with Crippen LogP contribution in [0.15, 0.2) is 4.90 Å². The molecule has 0 amide bonds. The van der Waals surface area contributed by atoms with Gasteiger partial charge in [0.15, 0.2) is 10.7 Å². The summed E-state index contributed by atoms with van der Waals surface area (Å²) in [6.45, 7) is 4.89. The van der Waals surface area contributed by atoms with Gasteiger partial charge in [0.25, 0.3) is 0 Å². The van der Waals surface area contributed by atoms with Crippen molar-refractivity contribution in [1.82, 2.24) is 8.68 Å². The van der Waals surface area contributed by atoms with Crippen molar-refractivity contribution in [3.8, 4) is 0 Å². The van der Waals surface area contributed by atoms with Crippen molar-refractivity contribution in [3.05, 3.63) is 0 Å². The fraction of sp³-hybridized carbons (Fsp3) is 0.700. The van der Waals surface area contributed by atoms with Crippen LogP contribution in [-0.4, -0.2) is 44.8 Å². The lowest BCUT2D eigenvalue weighted by Crippen LogP contribution is -2.27. The van der Waals surface area contributed by atoms with Crippen molar-refractivity contribution >= 4 is 32.4 Å². The van der Waals surface area contributed by atoms with E-state index in [1.807, 2.05) is 11.9 Å². The molecule has 0 spiro atoms. The summed E-state index contributed by atoms with van der Waals surface area (Å²) in [5, 5.41) is 0.593. The SMILES string of the molecule is CC(C)CN(C)c1snc(N)c1S(=O)(=O)N(C)C. The van der Waals surface area contributed by atoms with Crippen LogP contribution in [0.2, 0.25) is 0 Å². The third-order valence-electron chi connectivity index (χ3n) is 2.38. The highest BCUT2D eigenvalue weighted by Crippen LogP contribution is 2.35. The van der Waals surface area contributed by atoms with E-state index in [-0.39, 0.29) is 10.7 Å². The van der Waals surface area contributed by atoms with Gasteiger partial charge in [0.2, 0.25) is 10.0 Å². The number of nitrogen functional groups attached to an aromatic ring is 1. The largest absolute Gasteiger partial charge is 0.382 e. The van der Waals surface area contributed by atoms with Crippen molar-refractivity contribution in [2.24, 2.45) is 5.92 Å². The van der Waals surface area contributed by atoms with Crippen molar-refractivity contribution in [2.45, 2.75) is 18.7 Å². The molecule has 0 bridgehead atoms. The van der Waals surface area contributed by atoms with Gasteiger partial charge in [0.1, 0.15) is 5.00 Å². The van der Waals surface area contributed by atoms with Gasteiger partial charge in [0, 0.05) is 27.7 Å². The number of anilines is 2. The van der Waals surface area contributed by atoms with Gasteiger partial charge < -0.3 is 10.6 Å². The van der Waals surface area contributed by atoms with Gasteiger partial charge in [-0.25, -0.2) is 12.7 Å². The molecule has 0 aliphatic rings. The van der Waals surface area contributed by atoms with Gasteiger partial charge in [-0.3, -0.25) is 0 Å². The third kappa shape index (κ3) is 2.93. The first kappa shape index (κ1) is 15.2. The minimum atomic E-state index is -3.56. The molecule has 0 aromatic carbocycles. The number of sulfonamides is 1. The molecule has 8 heteroatoms. The molecule has 1 rings (SSSR count). The number of nitrogens with two attached hydrogens (primary N) is 1. The van der Waals surface area contributed by atoms with E-state index in [0.717, 1.165) is 22.4 Å². The summed E-state index contributed by atoms with van der Waals surface area (Å²) < 4.78 is 29.5. The molecule has 0 fully saturated rings. The first-order chi connectivity index (χ1) is 8.17. The fourth-order valence-corrected chi connectivity index (χ4v) is 3.80. The molecular formula is C10H20N4O2S2. The number of aromatic nitrogens is 1. The van der Waals surface area contributed by atoms with E-state index in [4.69, 9.17) is 5.73 Å². The summed E-state index contributed by atoms with van der Waals surface area (Å²) in [4.78, 5) is 2.00. The van der Waals surface area contributed by atoms with Crippen molar-refractivity contribution in [1.29, 1.82) is 0 Å². The molecule has 1 aromatic heterocycles. The van der Waals surface area contributed by atoms with Gasteiger partial charge in [0.05, 0.1) is 0 Å². The summed E-state index contributed by atoms with van der Waals surface area (Å²) in [7, 11) is 1.26. The van der Waals surface area contributed by atoms with E-state index in [1.54, 1.807) is 0 Å². The van der Waals surface area contributed by atoms with E-state index < -0.39 is 10.0 Å². The van der Waals surface area contributed by atoms with Gasteiger partial charge in [-0.15, -0.1) is 0 Å². The highest BCUT2D eigenvalue weighted by atomic mass is 32.2. The topological polar surface area (TPSA) is 79.5 Å². The molecule has 18 heavy (non-hydrogen) atoms. The standard InChI is InChI=1S/C10H20N4O2S2/c1-7(2)6-14(5)10-8(9(11)12-17-10)18(15,16)13(3)4/h7H,6H2,1-5H3,(H2,11,12). The quantitative estimate of drug-likeness (QED) is 0.878. The van der Waals surface area contributed by atoms with Crippen LogP contribution >= 0.6 is 11.5 Å². The number of rotatable bonds is 5. The molecule has 0 unspecified atom stereocenters.